The van der Waals surface area contributed by atoms with Crippen molar-refractivity contribution in [2.45, 2.75) is 19.8 Å². The molecule has 0 aromatic carbocycles. The monoisotopic (exact) mass is 187 g/mol. The second kappa shape index (κ2) is 6.16. The number of hydrogen-bond donors (Lipinski definition) is 1. The number of rotatable bonds is 5. The molecule has 0 bridgehead atoms. The number of esters is 1. The molecular formula is C8H13NO4. The Morgan fingerprint density at radius 1 is 1.23 bits per heavy atom. The predicted molar refractivity (Wildman–Crippen MR) is 44.9 cm³/mol. The molecule has 74 valence electrons. The number of ketones is 1. The number of carbonyl (C=O) groups is 3. The highest BCUT2D eigenvalue weighted by Gasteiger charge is 2.05. The first-order valence-electron chi connectivity index (χ1n) is 3.89. The van der Waals surface area contributed by atoms with Gasteiger partial charge in [0, 0.05) is 12.8 Å². The van der Waals surface area contributed by atoms with Crippen molar-refractivity contribution in [2.24, 2.45) is 0 Å². The Balaban J connectivity index is 3.52. The van der Waals surface area contributed by atoms with Gasteiger partial charge in [-0.1, -0.05) is 0 Å². The first-order chi connectivity index (χ1) is 6.06. The second-order valence-corrected chi connectivity index (χ2v) is 2.55. The van der Waals surface area contributed by atoms with E-state index in [1.807, 2.05) is 0 Å². The average Bonchev–Trinajstić information content (AvgIpc) is 2.10. The summed E-state index contributed by atoms with van der Waals surface area (Å²) in [6, 6.07) is 0. The number of amides is 1. The van der Waals surface area contributed by atoms with Gasteiger partial charge in [-0.05, 0) is 6.92 Å². The van der Waals surface area contributed by atoms with Crippen molar-refractivity contribution in [3.8, 4) is 0 Å². The summed E-state index contributed by atoms with van der Waals surface area (Å²) in [6.07, 6.45) is 0.319. The Bertz CT molecular complexity index is 212. The Morgan fingerprint density at radius 3 is 2.31 bits per heavy atom. The van der Waals surface area contributed by atoms with E-state index in [1.165, 1.54) is 14.0 Å². The standard InChI is InChI=1S/C8H13NO4/c1-6(10)3-4-7(11)9-5-8(12)13-2/h3-5H2,1-2H3,(H,9,11). The fraction of sp³-hybridized carbons (Fsp3) is 0.625. The Hall–Kier alpha value is -1.39. The van der Waals surface area contributed by atoms with E-state index >= 15 is 0 Å². The summed E-state index contributed by atoms with van der Waals surface area (Å²) >= 11 is 0. The number of methoxy groups -OCH3 is 1. The van der Waals surface area contributed by atoms with Crippen molar-refractivity contribution < 1.29 is 19.1 Å². The van der Waals surface area contributed by atoms with Crippen LogP contribution in [0.3, 0.4) is 0 Å². The smallest absolute Gasteiger partial charge is 0.325 e. The summed E-state index contributed by atoms with van der Waals surface area (Å²) in [5, 5.41) is 2.32. The summed E-state index contributed by atoms with van der Waals surface area (Å²) < 4.78 is 4.31. The summed E-state index contributed by atoms with van der Waals surface area (Å²) in [7, 11) is 1.24. The van der Waals surface area contributed by atoms with Crippen molar-refractivity contribution in [3.05, 3.63) is 0 Å². The van der Waals surface area contributed by atoms with Crippen molar-refractivity contribution >= 4 is 17.7 Å². The molecule has 13 heavy (non-hydrogen) atoms. The highest BCUT2D eigenvalue weighted by atomic mass is 16.5. The van der Waals surface area contributed by atoms with E-state index in [0.29, 0.717) is 0 Å². The van der Waals surface area contributed by atoms with Gasteiger partial charge >= 0.3 is 5.97 Å². The molecule has 0 saturated carbocycles. The minimum Gasteiger partial charge on any atom is -0.468 e. The number of Topliss-reactive ketones (excluding diaryl/α,β-unsaturated/α-hetero) is 1. The van der Waals surface area contributed by atoms with E-state index in [9.17, 15) is 14.4 Å². The van der Waals surface area contributed by atoms with Crippen LogP contribution < -0.4 is 5.32 Å². The molecule has 0 aromatic heterocycles. The summed E-state index contributed by atoms with van der Waals surface area (Å²) in [5.74, 6) is -0.870. The largest absolute Gasteiger partial charge is 0.468 e. The fourth-order valence-electron chi connectivity index (χ4n) is 0.621. The van der Waals surface area contributed by atoms with Gasteiger partial charge in [0.15, 0.2) is 0 Å². The molecular weight excluding hydrogens is 174 g/mol. The molecule has 0 radical (unpaired) electrons. The normalized spacial score (nSPS) is 9.08. The van der Waals surface area contributed by atoms with Gasteiger partial charge in [-0.25, -0.2) is 0 Å². The molecule has 0 heterocycles. The third kappa shape index (κ3) is 6.99. The molecule has 0 aliphatic heterocycles. The molecule has 0 fully saturated rings. The Morgan fingerprint density at radius 2 is 1.85 bits per heavy atom. The van der Waals surface area contributed by atoms with Gasteiger partial charge in [0.05, 0.1) is 7.11 Å². The lowest BCUT2D eigenvalue weighted by Gasteiger charge is -2.01. The quantitative estimate of drug-likeness (QED) is 0.597. The van der Waals surface area contributed by atoms with Gasteiger partial charge in [-0.15, -0.1) is 0 Å². The highest BCUT2D eigenvalue weighted by Crippen LogP contribution is 1.89. The molecule has 1 amide bonds. The van der Waals surface area contributed by atoms with Crippen LogP contribution in [0.2, 0.25) is 0 Å². The van der Waals surface area contributed by atoms with E-state index < -0.39 is 5.97 Å². The summed E-state index contributed by atoms with van der Waals surface area (Å²) in [5.41, 5.74) is 0. The second-order valence-electron chi connectivity index (χ2n) is 2.55. The van der Waals surface area contributed by atoms with Crippen molar-refractivity contribution in [2.75, 3.05) is 13.7 Å². The first kappa shape index (κ1) is 11.6. The van der Waals surface area contributed by atoms with Crippen LogP contribution >= 0.6 is 0 Å². The Labute approximate surface area is 76.4 Å². The van der Waals surface area contributed by atoms with Crippen LogP contribution in [0, 0.1) is 0 Å². The fourth-order valence-corrected chi connectivity index (χ4v) is 0.621. The number of nitrogens with one attached hydrogen (secondary N) is 1. The van der Waals surface area contributed by atoms with Gasteiger partial charge in [0.25, 0.3) is 0 Å². The lowest BCUT2D eigenvalue weighted by atomic mass is 10.2. The lowest BCUT2D eigenvalue weighted by Crippen LogP contribution is -2.30. The van der Waals surface area contributed by atoms with Crippen LogP contribution in [0.5, 0.6) is 0 Å². The molecule has 0 aliphatic rings. The first-order valence-corrected chi connectivity index (χ1v) is 3.89. The molecule has 0 spiro atoms. The molecule has 0 rings (SSSR count). The molecule has 0 unspecified atom stereocenters. The molecule has 5 heteroatoms. The van der Waals surface area contributed by atoms with Crippen LogP contribution in [0.1, 0.15) is 19.8 Å². The topological polar surface area (TPSA) is 72.5 Å². The molecule has 0 aromatic rings. The van der Waals surface area contributed by atoms with Crippen LogP contribution in [-0.4, -0.2) is 31.3 Å². The predicted octanol–water partition coefficient (Wildman–Crippen LogP) is -0.355. The van der Waals surface area contributed by atoms with E-state index in [4.69, 9.17) is 0 Å². The van der Waals surface area contributed by atoms with Gasteiger partial charge in [0.1, 0.15) is 12.3 Å². The number of hydrogen-bond acceptors (Lipinski definition) is 4. The van der Waals surface area contributed by atoms with E-state index in [2.05, 4.69) is 10.1 Å². The maximum atomic E-state index is 10.9. The zero-order valence-corrected chi connectivity index (χ0v) is 7.75. The maximum Gasteiger partial charge on any atom is 0.325 e. The summed E-state index contributed by atoms with van der Waals surface area (Å²) in [6.45, 7) is 1.26. The van der Waals surface area contributed by atoms with Gasteiger partial charge in [-0.3, -0.25) is 9.59 Å². The molecule has 5 nitrogen and oxygen atoms in total. The number of carbonyl (C=O) groups excluding carboxylic acids is 3. The van der Waals surface area contributed by atoms with Crippen LogP contribution in [0.15, 0.2) is 0 Å². The van der Waals surface area contributed by atoms with Crippen LogP contribution in [0.4, 0.5) is 0 Å². The van der Waals surface area contributed by atoms with E-state index in [0.717, 1.165) is 0 Å². The molecule has 0 saturated heterocycles. The zero-order chi connectivity index (χ0) is 10.3. The van der Waals surface area contributed by atoms with Crippen molar-refractivity contribution in [1.82, 2.24) is 5.32 Å². The SMILES string of the molecule is COC(=O)CNC(=O)CCC(C)=O. The average molecular weight is 187 g/mol. The van der Waals surface area contributed by atoms with Gasteiger partial charge in [-0.2, -0.15) is 0 Å². The van der Waals surface area contributed by atoms with E-state index in [-0.39, 0.29) is 31.1 Å². The molecule has 0 aliphatic carbocycles. The van der Waals surface area contributed by atoms with Crippen LogP contribution in [-0.2, 0) is 19.1 Å². The minimum absolute atomic E-state index is 0.0479. The zero-order valence-electron chi connectivity index (χ0n) is 7.75. The maximum absolute atomic E-state index is 10.9. The van der Waals surface area contributed by atoms with Crippen LogP contribution in [0.25, 0.3) is 0 Å². The summed E-state index contributed by atoms with van der Waals surface area (Å²) in [4.78, 5) is 31.9. The number of ether oxygens (including phenoxy) is 1. The third-order valence-electron chi connectivity index (χ3n) is 1.36. The Kier molecular flexibility index (Phi) is 5.50. The molecule has 1 N–H and O–H groups in total. The van der Waals surface area contributed by atoms with E-state index in [1.54, 1.807) is 0 Å². The lowest BCUT2D eigenvalue weighted by molar-refractivity contribution is -0.141. The molecule has 0 atom stereocenters. The van der Waals surface area contributed by atoms with Gasteiger partial charge in [0.2, 0.25) is 5.91 Å². The van der Waals surface area contributed by atoms with Gasteiger partial charge < -0.3 is 14.8 Å². The minimum atomic E-state index is -0.504. The highest BCUT2D eigenvalue weighted by molar-refractivity contribution is 5.85. The third-order valence-corrected chi connectivity index (χ3v) is 1.36. The van der Waals surface area contributed by atoms with Crippen molar-refractivity contribution in [3.63, 3.8) is 0 Å². The van der Waals surface area contributed by atoms with Crippen molar-refractivity contribution in [1.29, 1.82) is 0 Å².